The summed E-state index contributed by atoms with van der Waals surface area (Å²) in [4.78, 5) is 4.84. The number of hydrogen-bond acceptors (Lipinski definition) is 3. The summed E-state index contributed by atoms with van der Waals surface area (Å²) in [6.07, 6.45) is 2.85. The number of furan rings is 1. The molecule has 0 amide bonds. The second-order valence-electron chi connectivity index (χ2n) is 9.72. The molecule has 3 heterocycles. The van der Waals surface area contributed by atoms with Crippen LogP contribution in [-0.2, 0) is 6.42 Å². The molecule has 0 spiro atoms. The monoisotopic (exact) mass is 413 g/mol. The molecule has 0 fully saturated rings. The molecule has 0 bridgehead atoms. The third kappa shape index (κ3) is 3.31. The molecule has 152 valence electrons. The molecule has 5 rings (SSSR count). The van der Waals surface area contributed by atoms with Crippen molar-refractivity contribution in [2.24, 2.45) is 5.41 Å². The van der Waals surface area contributed by atoms with E-state index in [1.54, 1.807) is 11.3 Å². The zero-order chi connectivity index (χ0) is 21.0. The SMILES string of the molecule is CC(C)c1cc(-c2nccc3sc4cc(CC(C)(C)C)oc4c23)cc2ccccc12. The third-order valence-electron chi connectivity index (χ3n) is 5.60. The lowest BCUT2D eigenvalue weighted by Gasteiger charge is -2.15. The van der Waals surface area contributed by atoms with Gasteiger partial charge in [0.25, 0.3) is 0 Å². The standard InChI is InChI=1S/C27H27NOS/c1-16(2)21-13-18(12-17-8-6-7-9-20(17)21)25-24-22(10-11-28-25)30-23-14-19(29-26(23)24)15-27(3,4)5/h6-14,16H,15H2,1-5H3. The summed E-state index contributed by atoms with van der Waals surface area (Å²) in [7, 11) is 0. The highest BCUT2D eigenvalue weighted by molar-refractivity contribution is 7.25. The fourth-order valence-electron chi connectivity index (χ4n) is 4.32. The molecular weight excluding hydrogens is 386 g/mol. The van der Waals surface area contributed by atoms with Crippen LogP contribution in [0.4, 0.5) is 0 Å². The van der Waals surface area contributed by atoms with Gasteiger partial charge in [0.2, 0.25) is 0 Å². The molecule has 0 atom stereocenters. The zero-order valence-corrected chi connectivity index (χ0v) is 19.1. The van der Waals surface area contributed by atoms with Gasteiger partial charge in [-0.25, -0.2) is 0 Å². The van der Waals surface area contributed by atoms with E-state index in [2.05, 4.69) is 83.1 Å². The summed E-state index contributed by atoms with van der Waals surface area (Å²) < 4.78 is 8.84. The Morgan fingerprint density at radius 1 is 1.00 bits per heavy atom. The Morgan fingerprint density at radius 3 is 2.57 bits per heavy atom. The van der Waals surface area contributed by atoms with Crippen LogP contribution in [0.3, 0.4) is 0 Å². The second kappa shape index (κ2) is 6.95. The van der Waals surface area contributed by atoms with Crippen LogP contribution in [-0.4, -0.2) is 4.98 Å². The minimum Gasteiger partial charge on any atom is -0.459 e. The summed E-state index contributed by atoms with van der Waals surface area (Å²) >= 11 is 1.80. The predicted molar refractivity (Wildman–Crippen MR) is 130 cm³/mol. The topological polar surface area (TPSA) is 26.0 Å². The van der Waals surface area contributed by atoms with Crippen LogP contribution >= 0.6 is 11.3 Å². The number of rotatable bonds is 3. The van der Waals surface area contributed by atoms with Crippen molar-refractivity contribution in [3.05, 3.63) is 66.1 Å². The maximum atomic E-state index is 6.40. The van der Waals surface area contributed by atoms with E-state index in [9.17, 15) is 0 Å². The van der Waals surface area contributed by atoms with E-state index in [0.717, 1.165) is 34.4 Å². The average molecular weight is 414 g/mol. The fourth-order valence-corrected chi connectivity index (χ4v) is 5.41. The quantitative estimate of drug-likeness (QED) is 0.296. The van der Waals surface area contributed by atoms with Crippen molar-refractivity contribution in [2.45, 2.75) is 47.0 Å². The number of hydrogen-bond donors (Lipinski definition) is 0. The zero-order valence-electron chi connectivity index (χ0n) is 18.2. The van der Waals surface area contributed by atoms with Gasteiger partial charge in [-0.15, -0.1) is 11.3 Å². The van der Waals surface area contributed by atoms with Crippen LogP contribution in [0, 0.1) is 5.41 Å². The fraction of sp³-hybridized carbons (Fsp3) is 0.296. The Balaban J connectivity index is 1.76. The second-order valence-corrected chi connectivity index (χ2v) is 10.8. The Hall–Kier alpha value is -2.65. The Labute approximate surface area is 181 Å². The van der Waals surface area contributed by atoms with E-state index in [4.69, 9.17) is 9.40 Å². The van der Waals surface area contributed by atoms with Crippen LogP contribution in [0.1, 0.15) is 51.9 Å². The van der Waals surface area contributed by atoms with Crippen molar-refractivity contribution >= 4 is 42.5 Å². The van der Waals surface area contributed by atoms with E-state index in [-0.39, 0.29) is 5.41 Å². The van der Waals surface area contributed by atoms with Crippen molar-refractivity contribution < 1.29 is 4.42 Å². The first kappa shape index (κ1) is 19.3. The summed E-state index contributed by atoms with van der Waals surface area (Å²) in [5.41, 5.74) is 4.72. The van der Waals surface area contributed by atoms with Gasteiger partial charge in [0.1, 0.15) is 5.76 Å². The lowest BCUT2D eigenvalue weighted by molar-refractivity contribution is 0.371. The van der Waals surface area contributed by atoms with E-state index in [0.29, 0.717) is 5.92 Å². The van der Waals surface area contributed by atoms with E-state index in [1.165, 1.54) is 25.7 Å². The Kier molecular flexibility index (Phi) is 4.48. The highest BCUT2D eigenvalue weighted by atomic mass is 32.1. The number of benzene rings is 2. The average Bonchev–Trinajstić information content (AvgIpc) is 3.22. The Morgan fingerprint density at radius 2 is 1.80 bits per heavy atom. The maximum Gasteiger partial charge on any atom is 0.155 e. The van der Waals surface area contributed by atoms with Crippen molar-refractivity contribution in [2.75, 3.05) is 0 Å². The molecule has 3 aromatic heterocycles. The molecule has 0 aliphatic rings. The summed E-state index contributed by atoms with van der Waals surface area (Å²) in [5.74, 6) is 1.50. The van der Waals surface area contributed by atoms with Gasteiger partial charge < -0.3 is 4.42 Å². The largest absolute Gasteiger partial charge is 0.459 e. The van der Waals surface area contributed by atoms with Gasteiger partial charge in [0.05, 0.1) is 15.8 Å². The van der Waals surface area contributed by atoms with Crippen LogP contribution in [0.25, 0.3) is 42.4 Å². The van der Waals surface area contributed by atoms with Gasteiger partial charge in [-0.3, -0.25) is 4.98 Å². The molecule has 0 saturated heterocycles. The number of pyridine rings is 1. The number of thiophene rings is 1. The van der Waals surface area contributed by atoms with Gasteiger partial charge in [0, 0.05) is 22.9 Å². The van der Waals surface area contributed by atoms with E-state index in [1.807, 2.05) is 6.20 Å². The molecule has 5 aromatic rings. The summed E-state index contributed by atoms with van der Waals surface area (Å²) in [5, 5.41) is 3.73. The van der Waals surface area contributed by atoms with E-state index < -0.39 is 0 Å². The molecule has 0 aliphatic carbocycles. The molecule has 30 heavy (non-hydrogen) atoms. The maximum absolute atomic E-state index is 6.40. The Bertz CT molecular complexity index is 1380. The van der Waals surface area contributed by atoms with Gasteiger partial charge in [-0.1, -0.05) is 58.9 Å². The van der Waals surface area contributed by atoms with Crippen LogP contribution < -0.4 is 0 Å². The van der Waals surface area contributed by atoms with Crippen molar-refractivity contribution in [1.29, 1.82) is 0 Å². The smallest absolute Gasteiger partial charge is 0.155 e. The molecule has 2 aromatic carbocycles. The molecule has 0 saturated carbocycles. The van der Waals surface area contributed by atoms with Gasteiger partial charge >= 0.3 is 0 Å². The van der Waals surface area contributed by atoms with Crippen LogP contribution in [0.5, 0.6) is 0 Å². The van der Waals surface area contributed by atoms with Gasteiger partial charge in [-0.05, 0) is 51.9 Å². The molecule has 0 N–H and O–H groups in total. The lowest BCUT2D eigenvalue weighted by atomic mass is 9.91. The summed E-state index contributed by atoms with van der Waals surface area (Å²) in [6, 6.07) is 17.6. The number of fused-ring (bicyclic) bond motifs is 4. The molecular formula is C27H27NOS. The first-order valence-corrected chi connectivity index (χ1v) is 11.4. The summed E-state index contributed by atoms with van der Waals surface area (Å²) in [6.45, 7) is 11.3. The van der Waals surface area contributed by atoms with Gasteiger partial charge in [-0.2, -0.15) is 0 Å². The molecule has 0 radical (unpaired) electrons. The van der Waals surface area contributed by atoms with Crippen molar-refractivity contribution in [3.63, 3.8) is 0 Å². The predicted octanol–water partition coefficient (Wildman–Crippen LogP) is 8.57. The highest BCUT2D eigenvalue weighted by Gasteiger charge is 2.20. The first-order valence-electron chi connectivity index (χ1n) is 10.6. The molecule has 3 heteroatoms. The minimum absolute atomic E-state index is 0.196. The lowest BCUT2D eigenvalue weighted by Crippen LogP contribution is -2.08. The molecule has 0 unspecified atom stereocenters. The first-order chi connectivity index (χ1) is 14.3. The third-order valence-corrected chi connectivity index (χ3v) is 6.69. The van der Waals surface area contributed by atoms with Crippen molar-refractivity contribution in [3.8, 4) is 11.3 Å². The van der Waals surface area contributed by atoms with E-state index >= 15 is 0 Å². The highest BCUT2D eigenvalue weighted by Crippen LogP contribution is 2.42. The minimum atomic E-state index is 0.196. The number of nitrogens with zero attached hydrogens (tertiary/aromatic N) is 1. The number of aromatic nitrogens is 1. The van der Waals surface area contributed by atoms with Crippen LogP contribution in [0.2, 0.25) is 0 Å². The molecule has 2 nitrogen and oxygen atoms in total. The molecule has 0 aliphatic heterocycles. The van der Waals surface area contributed by atoms with Gasteiger partial charge in [0.15, 0.2) is 5.58 Å². The van der Waals surface area contributed by atoms with Crippen molar-refractivity contribution in [1.82, 2.24) is 4.98 Å². The van der Waals surface area contributed by atoms with Crippen LogP contribution in [0.15, 0.2) is 59.1 Å². The normalized spacial score (nSPS) is 12.6.